The molecule has 0 radical (unpaired) electrons. The van der Waals surface area contributed by atoms with E-state index in [1.807, 2.05) is 37.6 Å². The predicted molar refractivity (Wildman–Crippen MR) is 82.3 cm³/mol. The van der Waals surface area contributed by atoms with Crippen LogP contribution in [0.4, 0.5) is 4.39 Å². The molecule has 0 aliphatic carbocycles. The third-order valence-corrected chi connectivity index (χ3v) is 3.89. The lowest BCUT2D eigenvalue weighted by atomic mass is 10.0. The maximum atomic E-state index is 14.3. The highest BCUT2D eigenvalue weighted by Gasteiger charge is 2.23. The van der Waals surface area contributed by atoms with Gasteiger partial charge in [-0.3, -0.25) is 4.68 Å². The lowest BCUT2D eigenvalue weighted by molar-refractivity contribution is 0.514. The Labute approximate surface area is 127 Å². The third kappa shape index (κ3) is 2.94. The molecular formula is C15H19BrFN3. The maximum Gasteiger partial charge on any atom is 0.128 e. The van der Waals surface area contributed by atoms with Crippen molar-refractivity contribution in [2.24, 2.45) is 0 Å². The number of aromatic nitrogens is 2. The molecule has 0 amide bonds. The summed E-state index contributed by atoms with van der Waals surface area (Å²) in [6.45, 7) is 7.42. The van der Waals surface area contributed by atoms with Gasteiger partial charge in [-0.25, -0.2) is 4.39 Å². The molecule has 0 bridgehead atoms. The Kier molecular flexibility index (Phi) is 4.94. The molecule has 20 heavy (non-hydrogen) atoms. The average Bonchev–Trinajstić information content (AvgIpc) is 2.78. The second-order valence-electron chi connectivity index (χ2n) is 4.71. The van der Waals surface area contributed by atoms with Crippen LogP contribution in [0.3, 0.4) is 0 Å². The number of rotatable bonds is 5. The van der Waals surface area contributed by atoms with Crippen LogP contribution in [0.2, 0.25) is 0 Å². The number of nitrogens with one attached hydrogen (secondary N) is 1. The molecule has 0 fully saturated rings. The first-order chi connectivity index (χ1) is 9.58. The predicted octanol–water partition coefficient (Wildman–Crippen LogP) is 3.81. The molecule has 0 aliphatic rings. The number of aryl methyl sites for hydroxylation is 2. The van der Waals surface area contributed by atoms with Gasteiger partial charge in [0.05, 0.1) is 22.4 Å². The largest absolute Gasteiger partial charge is 0.305 e. The fourth-order valence-corrected chi connectivity index (χ4v) is 2.86. The minimum atomic E-state index is -0.211. The first kappa shape index (κ1) is 15.2. The van der Waals surface area contributed by atoms with Crippen molar-refractivity contribution in [3.63, 3.8) is 0 Å². The molecule has 1 aromatic carbocycles. The van der Waals surface area contributed by atoms with Crippen LogP contribution in [0, 0.1) is 12.7 Å². The van der Waals surface area contributed by atoms with Gasteiger partial charge in [-0.1, -0.05) is 19.1 Å². The summed E-state index contributed by atoms with van der Waals surface area (Å²) in [6, 6.07) is 5.14. The van der Waals surface area contributed by atoms with Crippen LogP contribution in [0.1, 0.15) is 36.7 Å². The van der Waals surface area contributed by atoms with E-state index in [2.05, 4.69) is 26.3 Å². The lowest BCUT2D eigenvalue weighted by Crippen LogP contribution is -2.26. The smallest absolute Gasteiger partial charge is 0.128 e. The monoisotopic (exact) mass is 339 g/mol. The highest BCUT2D eigenvalue weighted by atomic mass is 79.9. The highest BCUT2D eigenvalue weighted by molar-refractivity contribution is 9.10. The molecule has 1 atom stereocenters. The summed E-state index contributed by atoms with van der Waals surface area (Å²) in [5.41, 5.74) is 2.52. The van der Waals surface area contributed by atoms with Crippen molar-refractivity contribution >= 4 is 15.9 Å². The van der Waals surface area contributed by atoms with Crippen molar-refractivity contribution in [3.8, 4) is 0 Å². The van der Waals surface area contributed by atoms with Gasteiger partial charge in [0, 0.05) is 12.1 Å². The van der Waals surface area contributed by atoms with E-state index in [4.69, 9.17) is 0 Å². The van der Waals surface area contributed by atoms with Crippen molar-refractivity contribution in [1.82, 2.24) is 15.1 Å². The van der Waals surface area contributed by atoms with Crippen LogP contribution in [0.25, 0.3) is 0 Å². The lowest BCUT2D eigenvalue weighted by Gasteiger charge is -2.21. The van der Waals surface area contributed by atoms with Gasteiger partial charge in [0.25, 0.3) is 0 Å². The molecule has 1 heterocycles. The van der Waals surface area contributed by atoms with Gasteiger partial charge >= 0.3 is 0 Å². The second kappa shape index (κ2) is 6.50. The number of nitrogens with zero attached hydrogens (tertiary/aromatic N) is 2. The van der Waals surface area contributed by atoms with E-state index >= 15 is 0 Å². The quantitative estimate of drug-likeness (QED) is 0.897. The summed E-state index contributed by atoms with van der Waals surface area (Å²) in [5, 5.41) is 7.66. The molecule has 1 N–H and O–H groups in total. The van der Waals surface area contributed by atoms with E-state index in [9.17, 15) is 4.39 Å². The Morgan fingerprint density at radius 2 is 2.15 bits per heavy atom. The van der Waals surface area contributed by atoms with Gasteiger partial charge in [0.1, 0.15) is 5.82 Å². The van der Waals surface area contributed by atoms with Crippen molar-refractivity contribution < 1.29 is 4.39 Å². The number of benzene rings is 1. The fraction of sp³-hybridized carbons (Fsp3) is 0.400. The van der Waals surface area contributed by atoms with Crippen molar-refractivity contribution in [3.05, 3.63) is 51.5 Å². The van der Waals surface area contributed by atoms with Gasteiger partial charge < -0.3 is 5.32 Å². The van der Waals surface area contributed by atoms with E-state index in [-0.39, 0.29) is 11.9 Å². The van der Waals surface area contributed by atoms with Crippen LogP contribution >= 0.6 is 15.9 Å². The molecule has 1 aromatic heterocycles. The molecule has 0 saturated carbocycles. The Bertz CT molecular complexity index is 595. The zero-order valence-corrected chi connectivity index (χ0v) is 13.5. The summed E-state index contributed by atoms with van der Waals surface area (Å²) >= 11 is 3.52. The molecule has 1 unspecified atom stereocenters. The van der Waals surface area contributed by atoms with Crippen molar-refractivity contribution in [1.29, 1.82) is 0 Å². The van der Waals surface area contributed by atoms with Crippen LogP contribution < -0.4 is 5.32 Å². The normalized spacial score (nSPS) is 12.7. The Morgan fingerprint density at radius 1 is 1.40 bits per heavy atom. The summed E-state index contributed by atoms with van der Waals surface area (Å²) in [4.78, 5) is 0. The summed E-state index contributed by atoms with van der Waals surface area (Å²) in [6.07, 6.45) is 1.76. The SMILES string of the molecule is CCNC(c1ccc(C)cc1F)c1c(Br)cnn1CC. The van der Waals surface area contributed by atoms with E-state index < -0.39 is 0 Å². The molecule has 2 aromatic rings. The van der Waals surface area contributed by atoms with Crippen LogP contribution in [0.15, 0.2) is 28.9 Å². The van der Waals surface area contributed by atoms with E-state index in [1.54, 1.807) is 12.3 Å². The van der Waals surface area contributed by atoms with Crippen molar-refractivity contribution in [2.45, 2.75) is 33.4 Å². The second-order valence-corrected chi connectivity index (χ2v) is 5.56. The number of halogens is 2. The molecule has 0 saturated heterocycles. The Balaban J connectivity index is 2.53. The highest BCUT2D eigenvalue weighted by Crippen LogP contribution is 2.30. The van der Waals surface area contributed by atoms with Gasteiger partial charge in [-0.05, 0) is 48.0 Å². The van der Waals surface area contributed by atoms with Crippen LogP contribution in [-0.2, 0) is 6.54 Å². The first-order valence-corrected chi connectivity index (χ1v) is 7.58. The Hall–Kier alpha value is -1.20. The molecule has 0 spiro atoms. The zero-order chi connectivity index (χ0) is 14.7. The van der Waals surface area contributed by atoms with E-state index in [1.165, 1.54) is 0 Å². The summed E-state index contributed by atoms with van der Waals surface area (Å²) in [7, 11) is 0. The summed E-state index contributed by atoms with van der Waals surface area (Å²) < 4.78 is 17.1. The molecular weight excluding hydrogens is 321 g/mol. The van der Waals surface area contributed by atoms with Crippen LogP contribution in [-0.4, -0.2) is 16.3 Å². The number of hydrogen-bond acceptors (Lipinski definition) is 2. The minimum Gasteiger partial charge on any atom is -0.305 e. The standard InChI is InChI=1S/C15H19BrFN3/c1-4-18-14(11-7-6-10(3)8-13(11)17)15-12(16)9-19-20(15)5-2/h6-9,14,18H,4-5H2,1-3H3. The molecule has 2 rings (SSSR count). The van der Waals surface area contributed by atoms with Crippen LogP contribution in [0.5, 0.6) is 0 Å². The van der Waals surface area contributed by atoms with Gasteiger partial charge in [0.2, 0.25) is 0 Å². The van der Waals surface area contributed by atoms with Gasteiger partial charge in [0.15, 0.2) is 0 Å². The molecule has 108 valence electrons. The molecule has 3 nitrogen and oxygen atoms in total. The van der Waals surface area contributed by atoms with Gasteiger partial charge in [-0.15, -0.1) is 0 Å². The zero-order valence-electron chi connectivity index (χ0n) is 12.0. The third-order valence-electron chi connectivity index (χ3n) is 3.28. The van der Waals surface area contributed by atoms with E-state index in [0.29, 0.717) is 5.56 Å². The van der Waals surface area contributed by atoms with E-state index in [0.717, 1.165) is 28.8 Å². The Morgan fingerprint density at radius 3 is 2.75 bits per heavy atom. The summed E-state index contributed by atoms with van der Waals surface area (Å²) in [5.74, 6) is -0.188. The maximum absolute atomic E-state index is 14.3. The first-order valence-electron chi connectivity index (χ1n) is 6.79. The number of hydrogen-bond donors (Lipinski definition) is 1. The molecule has 5 heteroatoms. The minimum absolute atomic E-state index is 0.188. The van der Waals surface area contributed by atoms with Gasteiger partial charge in [-0.2, -0.15) is 5.10 Å². The average molecular weight is 340 g/mol. The molecule has 0 aliphatic heterocycles. The topological polar surface area (TPSA) is 29.9 Å². The fourth-order valence-electron chi connectivity index (χ4n) is 2.34. The van der Waals surface area contributed by atoms with Crippen molar-refractivity contribution in [2.75, 3.05) is 6.54 Å².